The molecule has 0 spiro atoms. The lowest BCUT2D eigenvalue weighted by Crippen LogP contribution is -2.25. The highest BCUT2D eigenvalue weighted by Gasteiger charge is 2.28. The minimum Gasteiger partial charge on any atom is -0.158 e. The number of hydrogen-bond acceptors (Lipinski definition) is 2. The molecule has 1 aliphatic rings. The van der Waals surface area contributed by atoms with Crippen molar-refractivity contribution in [3.05, 3.63) is 71.3 Å². The van der Waals surface area contributed by atoms with Crippen molar-refractivity contribution in [2.24, 2.45) is 28.0 Å². The molecule has 1 saturated carbocycles. The van der Waals surface area contributed by atoms with E-state index < -0.39 is 0 Å². The fourth-order valence-corrected chi connectivity index (χ4v) is 4.45. The van der Waals surface area contributed by atoms with E-state index in [-0.39, 0.29) is 0 Å². The zero-order valence-corrected chi connectivity index (χ0v) is 17.6. The summed E-state index contributed by atoms with van der Waals surface area (Å²) in [6.45, 7) is 6.84. The van der Waals surface area contributed by atoms with Gasteiger partial charge in [0, 0.05) is 5.92 Å². The second kappa shape index (κ2) is 10.4. The summed E-state index contributed by atoms with van der Waals surface area (Å²) < 4.78 is 0. The predicted molar refractivity (Wildman–Crippen MR) is 121 cm³/mol. The Morgan fingerprint density at radius 3 is 2.32 bits per heavy atom. The molecule has 0 bridgehead atoms. The van der Waals surface area contributed by atoms with Crippen LogP contribution in [-0.4, -0.2) is 11.9 Å². The van der Waals surface area contributed by atoms with E-state index in [1.165, 1.54) is 49.7 Å². The normalized spacial score (nSPS) is 21.8. The van der Waals surface area contributed by atoms with Crippen LogP contribution < -0.4 is 0 Å². The zero-order valence-electron chi connectivity index (χ0n) is 17.6. The average Bonchev–Trinajstić information content (AvgIpc) is 2.73. The quantitative estimate of drug-likeness (QED) is 0.366. The third-order valence-corrected chi connectivity index (χ3v) is 6.23. The third kappa shape index (κ3) is 5.64. The van der Waals surface area contributed by atoms with Gasteiger partial charge in [0.2, 0.25) is 0 Å². The van der Waals surface area contributed by atoms with E-state index in [0.29, 0.717) is 5.92 Å². The molecular weight excluding hydrogens is 340 g/mol. The van der Waals surface area contributed by atoms with Gasteiger partial charge in [-0.3, -0.25) is 0 Å². The van der Waals surface area contributed by atoms with E-state index in [1.807, 2.05) is 6.21 Å². The van der Waals surface area contributed by atoms with E-state index in [0.717, 1.165) is 23.1 Å². The third-order valence-electron chi connectivity index (χ3n) is 6.23. The van der Waals surface area contributed by atoms with Gasteiger partial charge in [-0.25, -0.2) is 0 Å². The Balaban J connectivity index is 1.74. The molecule has 0 radical (unpaired) electrons. The minimum atomic E-state index is 0.516. The fourth-order valence-electron chi connectivity index (χ4n) is 4.45. The molecule has 0 aromatic heterocycles. The highest BCUT2D eigenvalue weighted by Crippen LogP contribution is 2.36. The second-order valence-electron chi connectivity index (χ2n) is 8.38. The van der Waals surface area contributed by atoms with Gasteiger partial charge in [0.1, 0.15) is 0 Å². The second-order valence-corrected chi connectivity index (χ2v) is 8.38. The molecular formula is C26H34N2. The number of hydrogen-bond donors (Lipinski definition) is 0. The molecule has 0 heterocycles. The maximum atomic E-state index is 4.73. The summed E-state index contributed by atoms with van der Waals surface area (Å²) in [6, 6.07) is 19.0. The van der Waals surface area contributed by atoms with Crippen molar-refractivity contribution in [3.63, 3.8) is 0 Å². The van der Waals surface area contributed by atoms with Gasteiger partial charge in [0.25, 0.3) is 0 Å². The van der Waals surface area contributed by atoms with Crippen LogP contribution in [0.1, 0.15) is 69.1 Å². The van der Waals surface area contributed by atoms with Gasteiger partial charge in [-0.15, -0.1) is 0 Å². The van der Waals surface area contributed by atoms with Crippen molar-refractivity contribution in [2.75, 3.05) is 0 Å². The number of nitrogens with zero attached hydrogens (tertiary/aromatic N) is 2. The van der Waals surface area contributed by atoms with E-state index in [2.05, 4.69) is 80.5 Å². The Morgan fingerprint density at radius 1 is 1.00 bits per heavy atom. The number of rotatable bonds is 7. The summed E-state index contributed by atoms with van der Waals surface area (Å²) in [6.07, 6.45) is 9.62. The first-order valence-corrected chi connectivity index (χ1v) is 10.9. The molecule has 0 aliphatic heterocycles. The topological polar surface area (TPSA) is 24.7 Å². The summed E-state index contributed by atoms with van der Waals surface area (Å²) in [5.74, 6) is 2.24. The first-order chi connectivity index (χ1) is 13.7. The molecule has 2 nitrogen and oxygen atoms in total. The molecule has 28 heavy (non-hydrogen) atoms. The van der Waals surface area contributed by atoms with E-state index in [4.69, 9.17) is 5.10 Å². The summed E-state index contributed by atoms with van der Waals surface area (Å²) >= 11 is 0. The maximum Gasteiger partial charge on any atom is 0.0733 e. The lowest BCUT2D eigenvalue weighted by Gasteiger charge is -2.32. The Morgan fingerprint density at radius 2 is 1.68 bits per heavy atom. The van der Waals surface area contributed by atoms with E-state index in [1.54, 1.807) is 0 Å². The first-order valence-electron chi connectivity index (χ1n) is 10.9. The standard InChI is InChI=1S/C26H34N2/c1-4-8-21(3)23-15-17-25(18-16-23)26(24-9-6-5-7-10-24)28-27-19-22-13-11-20(2)12-14-22/h5-7,9-14,19,21,23,25H,4,8,15-18H2,1-3H3. The van der Waals surface area contributed by atoms with Crippen LogP contribution in [-0.2, 0) is 0 Å². The van der Waals surface area contributed by atoms with Crippen molar-refractivity contribution in [1.29, 1.82) is 0 Å². The SMILES string of the molecule is CCCC(C)C1CCC(C(=NN=Cc2ccc(C)cc2)c2ccccc2)CC1. The summed E-state index contributed by atoms with van der Waals surface area (Å²) in [5.41, 5.74) is 4.73. The fraction of sp³-hybridized carbons (Fsp3) is 0.462. The van der Waals surface area contributed by atoms with Crippen LogP contribution in [0.15, 0.2) is 64.8 Å². The van der Waals surface area contributed by atoms with Gasteiger partial charge in [-0.1, -0.05) is 86.8 Å². The van der Waals surface area contributed by atoms with Crippen LogP contribution in [0.2, 0.25) is 0 Å². The molecule has 0 N–H and O–H groups in total. The molecule has 1 atom stereocenters. The van der Waals surface area contributed by atoms with Crippen molar-refractivity contribution in [1.82, 2.24) is 0 Å². The van der Waals surface area contributed by atoms with Crippen molar-refractivity contribution >= 4 is 11.9 Å². The predicted octanol–water partition coefficient (Wildman–Crippen LogP) is 7.06. The molecule has 148 valence electrons. The van der Waals surface area contributed by atoms with E-state index in [9.17, 15) is 0 Å². The van der Waals surface area contributed by atoms with Gasteiger partial charge >= 0.3 is 0 Å². The highest BCUT2D eigenvalue weighted by molar-refractivity contribution is 6.02. The van der Waals surface area contributed by atoms with Gasteiger partial charge in [-0.2, -0.15) is 10.2 Å². The largest absolute Gasteiger partial charge is 0.158 e. The molecule has 0 saturated heterocycles. The van der Waals surface area contributed by atoms with Gasteiger partial charge in [0.05, 0.1) is 11.9 Å². The van der Waals surface area contributed by atoms with E-state index >= 15 is 0 Å². The number of aryl methyl sites for hydroxylation is 1. The van der Waals surface area contributed by atoms with Gasteiger partial charge < -0.3 is 0 Å². The Hall–Kier alpha value is -2.22. The average molecular weight is 375 g/mol. The molecule has 1 unspecified atom stereocenters. The molecule has 1 aliphatic carbocycles. The maximum absolute atomic E-state index is 4.73. The van der Waals surface area contributed by atoms with Crippen LogP contribution >= 0.6 is 0 Å². The molecule has 3 rings (SSSR count). The van der Waals surface area contributed by atoms with Crippen LogP contribution in [0, 0.1) is 24.7 Å². The Labute approximate surface area is 170 Å². The molecule has 1 fully saturated rings. The summed E-state index contributed by atoms with van der Waals surface area (Å²) in [4.78, 5) is 0. The van der Waals surface area contributed by atoms with Crippen molar-refractivity contribution in [3.8, 4) is 0 Å². The molecule has 2 aromatic rings. The summed E-state index contributed by atoms with van der Waals surface area (Å²) in [5, 5.41) is 9.20. The molecule has 0 amide bonds. The van der Waals surface area contributed by atoms with Crippen molar-refractivity contribution < 1.29 is 0 Å². The Kier molecular flexibility index (Phi) is 7.59. The highest BCUT2D eigenvalue weighted by atomic mass is 15.2. The molecule has 2 heteroatoms. The van der Waals surface area contributed by atoms with Crippen LogP contribution in [0.5, 0.6) is 0 Å². The zero-order chi connectivity index (χ0) is 19.8. The van der Waals surface area contributed by atoms with Crippen LogP contribution in [0.25, 0.3) is 0 Å². The Bertz CT molecular complexity index is 766. The lowest BCUT2D eigenvalue weighted by molar-refractivity contribution is 0.232. The first kappa shape index (κ1) is 20.5. The van der Waals surface area contributed by atoms with Gasteiger partial charge in [0.15, 0.2) is 0 Å². The lowest BCUT2D eigenvalue weighted by atomic mass is 9.73. The monoisotopic (exact) mass is 374 g/mol. The van der Waals surface area contributed by atoms with Crippen molar-refractivity contribution in [2.45, 2.75) is 59.3 Å². The van der Waals surface area contributed by atoms with Gasteiger partial charge in [-0.05, 0) is 55.6 Å². The van der Waals surface area contributed by atoms with Crippen LogP contribution in [0.4, 0.5) is 0 Å². The molecule has 2 aromatic carbocycles. The number of benzene rings is 2. The van der Waals surface area contributed by atoms with Crippen LogP contribution in [0.3, 0.4) is 0 Å². The smallest absolute Gasteiger partial charge is 0.0733 e. The minimum absolute atomic E-state index is 0.516. The summed E-state index contributed by atoms with van der Waals surface area (Å²) in [7, 11) is 0.